The Morgan fingerprint density at radius 2 is 1.85 bits per heavy atom. The third kappa shape index (κ3) is 3.23. The Hall–Kier alpha value is -0.883. The molecular formula is C14H27NO4Si. The summed E-state index contributed by atoms with van der Waals surface area (Å²) in [7, 11) is -1.96. The van der Waals surface area contributed by atoms with Crippen molar-refractivity contribution in [1.29, 1.82) is 0 Å². The monoisotopic (exact) mass is 301 g/mol. The Balaban J connectivity index is 2.78. The lowest BCUT2D eigenvalue weighted by Crippen LogP contribution is -2.66. The molecule has 0 saturated carbocycles. The van der Waals surface area contributed by atoms with Gasteiger partial charge in [0.2, 0.25) is 5.91 Å². The highest BCUT2D eigenvalue weighted by atomic mass is 28.4. The average Bonchev–Trinajstić information content (AvgIpc) is 2.21. The van der Waals surface area contributed by atoms with Gasteiger partial charge in [0.1, 0.15) is 0 Å². The molecule has 1 fully saturated rings. The van der Waals surface area contributed by atoms with Gasteiger partial charge in [-0.05, 0) is 32.0 Å². The van der Waals surface area contributed by atoms with Crippen LogP contribution in [0.2, 0.25) is 18.1 Å². The molecule has 2 N–H and O–H groups in total. The van der Waals surface area contributed by atoms with E-state index in [-0.39, 0.29) is 29.0 Å². The van der Waals surface area contributed by atoms with Crippen LogP contribution >= 0.6 is 0 Å². The number of aliphatic carboxylic acids is 1. The molecule has 6 heteroatoms. The van der Waals surface area contributed by atoms with Crippen molar-refractivity contribution in [2.24, 2.45) is 11.8 Å². The summed E-state index contributed by atoms with van der Waals surface area (Å²) in [6, 6.07) is -0.334. The van der Waals surface area contributed by atoms with E-state index in [0.717, 1.165) is 0 Å². The fourth-order valence-electron chi connectivity index (χ4n) is 2.23. The van der Waals surface area contributed by atoms with Crippen molar-refractivity contribution in [3.8, 4) is 0 Å². The molecule has 0 aliphatic carbocycles. The Kier molecular flexibility index (Phi) is 4.71. The third-order valence-corrected chi connectivity index (χ3v) is 9.29. The predicted octanol–water partition coefficient (Wildman–Crippen LogP) is 2.23. The van der Waals surface area contributed by atoms with E-state index in [2.05, 4.69) is 39.2 Å². The van der Waals surface area contributed by atoms with Crippen LogP contribution in [-0.2, 0) is 14.0 Å². The van der Waals surface area contributed by atoms with Crippen LogP contribution < -0.4 is 5.32 Å². The highest BCUT2D eigenvalue weighted by Crippen LogP contribution is 2.39. The van der Waals surface area contributed by atoms with E-state index in [9.17, 15) is 9.59 Å². The molecule has 0 aromatic rings. The number of carbonyl (C=O) groups excluding carboxylic acids is 1. The van der Waals surface area contributed by atoms with Gasteiger partial charge in [0.25, 0.3) is 0 Å². The summed E-state index contributed by atoms with van der Waals surface area (Å²) >= 11 is 0. The molecule has 20 heavy (non-hydrogen) atoms. The maximum absolute atomic E-state index is 11.8. The van der Waals surface area contributed by atoms with E-state index in [0.29, 0.717) is 0 Å². The second kappa shape index (κ2) is 5.48. The first-order valence-corrected chi connectivity index (χ1v) is 10.0. The van der Waals surface area contributed by atoms with Crippen LogP contribution in [0.4, 0.5) is 0 Å². The first-order valence-electron chi connectivity index (χ1n) is 7.09. The fourth-order valence-corrected chi connectivity index (χ4v) is 3.66. The molecular weight excluding hydrogens is 274 g/mol. The van der Waals surface area contributed by atoms with E-state index < -0.39 is 20.2 Å². The molecule has 0 bridgehead atoms. The van der Waals surface area contributed by atoms with Crippen molar-refractivity contribution in [3.63, 3.8) is 0 Å². The predicted molar refractivity (Wildman–Crippen MR) is 80.0 cm³/mol. The largest absolute Gasteiger partial charge is 0.481 e. The summed E-state index contributed by atoms with van der Waals surface area (Å²) in [4.78, 5) is 22.8. The van der Waals surface area contributed by atoms with Crippen molar-refractivity contribution in [1.82, 2.24) is 5.32 Å². The van der Waals surface area contributed by atoms with Gasteiger partial charge >= 0.3 is 5.97 Å². The summed E-state index contributed by atoms with van der Waals surface area (Å²) < 4.78 is 6.22. The zero-order valence-electron chi connectivity index (χ0n) is 13.5. The molecule has 1 aliphatic rings. The maximum Gasteiger partial charge on any atom is 0.308 e. The molecule has 5 nitrogen and oxygen atoms in total. The summed E-state index contributed by atoms with van der Waals surface area (Å²) in [5.41, 5.74) is 0. The first kappa shape index (κ1) is 17.2. The molecule has 1 rings (SSSR count). The molecule has 1 heterocycles. The van der Waals surface area contributed by atoms with Gasteiger partial charge in [0.05, 0.1) is 24.0 Å². The van der Waals surface area contributed by atoms with Gasteiger partial charge in [-0.3, -0.25) is 9.59 Å². The fraction of sp³-hybridized carbons (Fsp3) is 0.857. The van der Waals surface area contributed by atoms with Gasteiger partial charge in [-0.1, -0.05) is 20.8 Å². The molecule has 0 aromatic heterocycles. The number of carboxylic acid groups (broad SMARTS) is 1. The SMILES string of the molecule is C[C@@H](O[Si](C)(C)C(C)(C)C)[C@@H]1C(=O)N[C@@H]1[C@@H](C)C(=O)O. The number of amides is 1. The van der Waals surface area contributed by atoms with Gasteiger partial charge in [0.15, 0.2) is 8.32 Å². The molecule has 1 saturated heterocycles. The Morgan fingerprint density at radius 3 is 2.20 bits per heavy atom. The highest BCUT2D eigenvalue weighted by molar-refractivity contribution is 6.74. The molecule has 0 unspecified atom stereocenters. The van der Waals surface area contributed by atoms with E-state index >= 15 is 0 Å². The number of β-lactam (4-membered cyclic amide) rings is 1. The molecule has 0 spiro atoms. The number of hydrogen-bond donors (Lipinski definition) is 2. The quantitative estimate of drug-likeness (QED) is 0.603. The first-order chi connectivity index (χ1) is 8.88. The van der Waals surface area contributed by atoms with Crippen LogP contribution in [0.3, 0.4) is 0 Å². The minimum atomic E-state index is -1.96. The highest BCUT2D eigenvalue weighted by Gasteiger charge is 2.50. The van der Waals surface area contributed by atoms with Crippen LogP contribution in [0.15, 0.2) is 0 Å². The topological polar surface area (TPSA) is 75.6 Å². The lowest BCUT2D eigenvalue weighted by molar-refractivity contribution is -0.151. The molecule has 0 aromatic carbocycles. The van der Waals surface area contributed by atoms with Gasteiger partial charge in [-0.2, -0.15) is 0 Å². The van der Waals surface area contributed by atoms with Crippen LogP contribution in [0.1, 0.15) is 34.6 Å². The van der Waals surface area contributed by atoms with Crippen LogP contribution in [0, 0.1) is 11.8 Å². The summed E-state index contributed by atoms with van der Waals surface area (Å²) in [6.45, 7) is 14.2. The standard InChI is InChI=1S/C14H27NO4Si/c1-8(13(17)18)11-10(12(16)15-11)9(2)19-20(6,7)14(3,4)5/h8-11H,1-7H3,(H,15,16)(H,17,18)/t8-,9-,10+,11-/m1/s1. The van der Waals surface area contributed by atoms with Gasteiger partial charge in [0, 0.05) is 0 Å². The second-order valence-electron chi connectivity index (χ2n) is 7.27. The van der Waals surface area contributed by atoms with E-state index in [1.807, 2.05) is 6.92 Å². The number of nitrogens with one attached hydrogen (secondary N) is 1. The van der Waals surface area contributed by atoms with Crippen LogP contribution in [0.5, 0.6) is 0 Å². The molecule has 4 atom stereocenters. The number of carboxylic acids is 1. The normalized spacial score (nSPS) is 26.4. The lowest BCUT2D eigenvalue weighted by Gasteiger charge is -2.46. The van der Waals surface area contributed by atoms with Gasteiger partial charge in [-0.25, -0.2) is 0 Å². The van der Waals surface area contributed by atoms with Gasteiger partial charge < -0.3 is 14.8 Å². The van der Waals surface area contributed by atoms with Crippen molar-refractivity contribution in [2.45, 2.75) is 64.9 Å². The number of carbonyl (C=O) groups is 2. The van der Waals surface area contributed by atoms with Gasteiger partial charge in [-0.15, -0.1) is 0 Å². The van der Waals surface area contributed by atoms with E-state index in [4.69, 9.17) is 9.53 Å². The lowest BCUT2D eigenvalue weighted by atomic mass is 9.79. The smallest absolute Gasteiger partial charge is 0.308 e. The zero-order valence-corrected chi connectivity index (χ0v) is 14.5. The summed E-state index contributed by atoms with van der Waals surface area (Å²) in [5, 5.41) is 11.8. The van der Waals surface area contributed by atoms with Crippen molar-refractivity contribution >= 4 is 20.2 Å². The van der Waals surface area contributed by atoms with Crippen molar-refractivity contribution in [2.75, 3.05) is 0 Å². The third-order valence-electron chi connectivity index (χ3n) is 4.72. The molecule has 1 amide bonds. The number of rotatable bonds is 5. The molecule has 116 valence electrons. The van der Waals surface area contributed by atoms with Crippen LogP contribution in [-0.4, -0.2) is 37.4 Å². The summed E-state index contributed by atoms with van der Waals surface area (Å²) in [5.74, 6) is -1.95. The second-order valence-corrected chi connectivity index (χ2v) is 12.0. The zero-order chi connectivity index (χ0) is 15.9. The minimum Gasteiger partial charge on any atom is -0.481 e. The maximum atomic E-state index is 11.8. The Bertz CT molecular complexity index is 402. The minimum absolute atomic E-state index is 0.0649. The number of hydrogen-bond acceptors (Lipinski definition) is 3. The molecule has 1 aliphatic heterocycles. The van der Waals surface area contributed by atoms with Crippen molar-refractivity contribution < 1.29 is 19.1 Å². The van der Waals surface area contributed by atoms with E-state index in [1.165, 1.54) is 0 Å². The molecule has 0 radical (unpaired) electrons. The average molecular weight is 301 g/mol. The Morgan fingerprint density at radius 1 is 1.35 bits per heavy atom. The van der Waals surface area contributed by atoms with Crippen molar-refractivity contribution in [3.05, 3.63) is 0 Å². The summed E-state index contributed by atoms with van der Waals surface area (Å²) in [6.07, 6.45) is -0.253. The van der Waals surface area contributed by atoms with E-state index in [1.54, 1.807) is 6.92 Å². The Labute approximate surface area is 122 Å². The van der Waals surface area contributed by atoms with Crippen LogP contribution in [0.25, 0.3) is 0 Å².